The van der Waals surface area contributed by atoms with Gasteiger partial charge in [0.05, 0.1) is 34.0 Å². The van der Waals surface area contributed by atoms with Crippen LogP contribution in [0.25, 0.3) is 11.3 Å². The van der Waals surface area contributed by atoms with Gasteiger partial charge < -0.3 is 28.3 Å². The van der Waals surface area contributed by atoms with E-state index in [4.69, 9.17) is 23.4 Å². The van der Waals surface area contributed by atoms with E-state index in [-0.39, 0.29) is 11.5 Å². The van der Waals surface area contributed by atoms with Crippen LogP contribution in [-0.4, -0.2) is 52.9 Å². The molecule has 2 aliphatic rings. The number of nitrogens with zero attached hydrogens (tertiary/aromatic N) is 1. The standard InChI is InChI=1S/C29H33NO6/c1-19-26(32-2)16-22(17-27(19)33-3)24-10-11-25(36-24)28(31)29(35-18-20-4-5-20)21-6-8-23(9-7-21)30-12-14-34-15-13-30/h6-11,16-17,20,29H,4-5,12-15,18H2,1-3H3. The van der Waals surface area contributed by atoms with E-state index >= 15 is 0 Å². The molecule has 1 unspecified atom stereocenters. The first kappa shape index (κ1) is 24.4. The molecule has 7 heteroatoms. The van der Waals surface area contributed by atoms with Crippen LogP contribution in [0.1, 0.15) is 40.6 Å². The largest absolute Gasteiger partial charge is 0.496 e. The molecule has 3 aromatic rings. The van der Waals surface area contributed by atoms with Crippen molar-refractivity contribution in [3.8, 4) is 22.8 Å². The lowest BCUT2D eigenvalue weighted by Gasteiger charge is -2.29. The van der Waals surface area contributed by atoms with Gasteiger partial charge in [0.25, 0.3) is 0 Å². The van der Waals surface area contributed by atoms with E-state index in [1.165, 1.54) is 0 Å². The molecule has 0 spiro atoms. The molecule has 0 bridgehead atoms. The van der Waals surface area contributed by atoms with Crippen LogP contribution in [0.4, 0.5) is 5.69 Å². The number of anilines is 1. The Morgan fingerprint density at radius 1 is 1.00 bits per heavy atom. The van der Waals surface area contributed by atoms with Crippen molar-refractivity contribution in [3.05, 3.63) is 65.4 Å². The van der Waals surface area contributed by atoms with Crippen molar-refractivity contribution in [1.29, 1.82) is 0 Å². The third kappa shape index (κ3) is 5.27. The van der Waals surface area contributed by atoms with Crippen LogP contribution >= 0.6 is 0 Å². The van der Waals surface area contributed by atoms with Crippen molar-refractivity contribution in [1.82, 2.24) is 0 Å². The number of carbonyl (C=O) groups is 1. The molecule has 1 aliphatic heterocycles. The molecule has 0 amide bonds. The summed E-state index contributed by atoms with van der Waals surface area (Å²) in [7, 11) is 3.24. The van der Waals surface area contributed by atoms with Gasteiger partial charge in [0.2, 0.25) is 5.78 Å². The Morgan fingerprint density at radius 3 is 2.28 bits per heavy atom. The fourth-order valence-electron chi connectivity index (χ4n) is 4.50. The number of rotatable bonds is 10. The summed E-state index contributed by atoms with van der Waals surface area (Å²) in [6, 6.07) is 15.4. The van der Waals surface area contributed by atoms with E-state index < -0.39 is 6.10 Å². The van der Waals surface area contributed by atoms with Crippen molar-refractivity contribution < 1.29 is 28.2 Å². The average Bonchev–Trinajstić information content (AvgIpc) is 3.62. The van der Waals surface area contributed by atoms with Gasteiger partial charge in [-0.2, -0.15) is 0 Å². The van der Waals surface area contributed by atoms with Gasteiger partial charge in [-0.15, -0.1) is 0 Å². The van der Waals surface area contributed by atoms with Crippen LogP contribution in [0.5, 0.6) is 11.5 Å². The molecule has 1 saturated carbocycles. The van der Waals surface area contributed by atoms with Gasteiger partial charge in [-0.1, -0.05) is 12.1 Å². The molecule has 1 atom stereocenters. The van der Waals surface area contributed by atoms with E-state index in [0.717, 1.165) is 61.5 Å². The highest BCUT2D eigenvalue weighted by Crippen LogP contribution is 2.37. The van der Waals surface area contributed by atoms with Crippen LogP contribution in [0.2, 0.25) is 0 Å². The van der Waals surface area contributed by atoms with Gasteiger partial charge in [-0.3, -0.25) is 4.79 Å². The summed E-state index contributed by atoms with van der Waals surface area (Å²) < 4.78 is 28.7. The number of furan rings is 1. The number of hydrogen-bond acceptors (Lipinski definition) is 7. The average molecular weight is 492 g/mol. The van der Waals surface area contributed by atoms with Gasteiger partial charge in [0, 0.05) is 29.9 Å². The molecule has 2 heterocycles. The molecule has 7 nitrogen and oxygen atoms in total. The molecular formula is C29H33NO6. The van der Waals surface area contributed by atoms with Crippen LogP contribution in [0.3, 0.4) is 0 Å². The van der Waals surface area contributed by atoms with Crippen LogP contribution in [-0.2, 0) is 9.47 Å². The minimum Gasteiger partial charge on any atom is -0.496 e. The van der Waals surface area contributed by atoms with Crippen molar-refractivity contribution in [2.24, 2.45) is 5.92 Å². The predicted molar refractivity (Wildman–Crippen MR) is 137 cm³/mol. The predicted octanol–water partition coefficient (Wildman–Crippen LogP) is 5.46. The summed E-state index contributed by atoms with van der Waals surface area (Å²) in [5.41, 5.74) is 3.63. The SMILES string of the molecule is COc1cc(-c2ccc(C(=O)C(OCC3CC3)c3ccc(N4CCOCC4)cc3)o2)cc(OC)c1C. The Morgan fingerprint density at radius 2 is 1.67 bits per heavy atom. The quantitative estimate of drug-likeness (QED) is 0.349. The van der Waals surface area contributed by atoms with E-state index in [1.54, 1.807) is 26.4 Å². The molecule has 36 heavy (non-hydrogen) atoms. The molecule has 0 N–H and O–H groups in total. The van der Waals surface area contributed by atoms with Gasteiger partial charge in [-0.25, -0.2) is 0 Å². The van der Waals surface area contributed by atoms with Crippen LogP contribution in [0, 0.1) is 12.8 Å². The first-order valence-corrected chi connectivity index (χ1v) is 12.5. The van der Waals surface area contributed by atoms with Gasteiger partial charge in [0.15, 0.2) is 5.76 Å². The lowest BCUT2D eigenvalue weighted by molar-refractivity contribution is 0.0344. The highest BCUT2D eigenvalue weighted by Gasteiger charge is 2.30. The third-order valence-corrected chi connectivity index (χ3v) is 6.89. The molecule has 1 saturated heterocycles. The normalized spacial score (nSPS) is 16.6. The first-order valence-electron chi connectivity index (χ1n) is 12.5. The van der Waals surface area contributed by atoms with Crippen LogP contribution in [0.15, 0.2) is 52.9 Å². The topological polar surface area (TPSA) is 70.4 Å². The molecule has 2 aromatic carbocycles. The van der Waals surface area contributed by atoms with E-state index in [0.29, 0.717) is 29.8 Å². The van der Waals surface area contributed by atoms with Crippen molar-refractivity contribution >= 4 is 11.5 Å². The Kier molecular flexibility index (Phi) is 7.30. The maximum Gasteiger partial charge on any atom is 0.231 e. The maximum absolute atomic E-state index is 13.6. The lowest BCUT2D eigenvalue weighted by Crippen LogP contribution is -2.36. The summed E-state index contributed by atoms with van der Waals surface area (Å²) >= 11 is 0. The second-order valence-corrected chi connectivity index (χ2v) is 9.38. The molecule has 2 fully saturated rings. The molecule has 190 valence electrons. The molecular weight excluding hydrogens is 458 g/mol. The minimum atomic E-state index is -0.717. The van der Waals surface area contributed by atoms with E-state index in [9.17, 15) is 4.79 Å². The zero-order valence-corrected chi connectivity index (χ0v) is 21.1. The Balaban J connectivity index is 1.39. The lowest BCUT2D eigenvalue weighted by atomic mass is 10.0. The Labute approximate surface area is 211 Å². The number of carbonyl (C=O) groups excluding carboxylic acids is 1. The summed E-state index contributed by atoms with van der Waals surface area (Å²) in [6.07, 6.45) is 1.59. The fraction of sp³-hybridized carbons (Fsp3) is 0.414. The van der Waals surface area contributed by atoms with Gasteiger partial charge in [0.1, 0.15) is 23.4 Å². The number of benzene rings is 2. The van der Waals surface area contributed by atoms with Crippen molar-refractivity contribution in [2.45, 2.75) is 25.9 Å². The monoisotopic (exact) mass is 491 g/mol. The number of Topliss-reactive ketones (excluding diaryl/α,β-unsaturated/α-hetero) is 1. The highest BCUT2D eigenvalue weighted by molar-refractivity contribution is 5.98. The highest BCUT2D eigenvalue weighted by atomic mass is 16.5. The van der Waals surface area contributed by atoms with Crippen molar-refractivity contribution in [3.63, 3.8) is 0 Å². The van der Waals surface area contributed by atoms with E-state index in [1.807, 2.05) is 31.2 Å². The number of hydrogen-bond donors (Lipinski definition) is 0. The summed E-state index contributed by atoms with van der Waals surface area (Å²) in [4.78, 5) is 15.9. The summed E-state index contributed by atoms with van der Waals surface area (Å²) in [6.45, 7) is 5.69. The second-order valence-electron chi connectivity index (χ2n) is 9.38. The number of ether oxygens (including phenoxy) is 4. The smallest absolute Gasteiger partial charge is 0.231 e. The van der Waals surface area contributed by atoms with E-state index in [2.05, 4.69) is 17.0 Å². The molecule has 0 radical (unpaired) electrons. The fourth-order valence-corrected chi connectivity index (χ4v) is 4.50. The number of ketones is 1. The van der Waals surface area contributed by atoms with Gasteiger partial charge in [-0.05, 0) is 67.6 Å². The molecule has 5 rings (SSSR count). The number of methoxy groups -OCH3 is 2. The minimum absolute atomic E-state index is 0.188. The van der Waals surface area contributed by atoms with Crippen molar-refractivity contribution in [2.75, 3.05) is 52.0 Å². The summed E-state index contributed by atoms with van der Waals surface area (Å²) in [5.74, 6) is 2.57. The zero-order valence-electron chi connectivity index (χ0n) is 21.1. The Bertz CT molecular complexity index is 1170. The molecule has 1 aliphatic carbocycles. The second kappa shape index (κ2) is 10.8. The zero-order chi connectivity index (χ0) is 25.1. The number of morpholine rings is 1. The Hall–Kier alpha value is -3.29. The maximum atomic E-state index is 13.6. The summed E-state index contributed by atoms with van der Waals surface area (Å²) in [5, 5.41) is 0. The molecule has 1 aromatic heterocycles. The van der Waals surface area contributed by atoms with Crippen LogP contribution < -0.4 is 14.4 Å². The third-order valence-electron chi connectivity index (χ3n) is 6.89. The van der Waals surface area contributed by atoms with Gasteiger partial charge >= 0.3 is 0 Å². The first-order chi connectivity index (χ1) is 17.6.